The Bertz CT molecular complexity index is 2580. The van der Waals surface area contributed by atoms with E-state index < -0.39 is 54.9 Å². The number of rotatable bonds is 16. The van der Waals surface area contributed by atoms with E-state index in [-0.39, 0.29) is 63.4 Å². The van der Waals surface area contributed by atoms with Crippen molar-refractivity contribution in [1.82, 2.24) is 14.7 Å². The summed E-state index contributed by atoms with van der Waals surface area (Å²) in [4.78, 5) is 50.8. The van der Waals surface area contributed by atoms with E-state index in [1.165, 1.54) is 0 Å². The molecule has 394 valence electrons. The van der Waals surface area contributed by atoms with Gasteiger partial charge in [-0.15, -0.1) is 0 Å². The number of carbonyl (C=O) groups is 3. The zero-order chi connectivity index (χ0) is 53.0. The average Bonchev–Trinajstić information content (AvgIpc) is 4.12. The minimum atomic E-state index is -1.79. The van der Waals surface area contributed by atoms with Crippen LogP contribution in [-0.4, -0.2) is 132 Å². The summed E-state index contributed by atoms with van der Waals surface area (Å²) in [6.07, 6.45) is 2.35. The Morgan fingerprint density at radius 3 is 1.32 bits per heavy atom. The zero-order valence-corrected chi connectivity index (χ0v) is 44.4. The first-order valence-corrected chi connectivity index (χ1v) is 27.2. The van der Waals surface area contributed by atoms with Gasteiger partial charge in [-0.25, -0.2) is 9.69 Å². The van der Waals surface area contributed by atoms with Crippen LogP contribution in [0.25, 0.3) is 9.69 Å². The Kier molecular flexibility index (Phi) is 17.1. The number of benzene rings is 3. The molecule has 6 aliphatic rings. The molecule has 3 amide bonds. The van der Waals surface area contributed by atoms with E-state index in [9.17, 15) is 19.6 Å². The van der Waals surface area contributed by atoms with Gasteiger partial charge < -0.3 is 57.3 Å². The van der Waals surface area contributed by atoms with E-state index in [0.29, 0.717) is 73.1 Å². The number of aliphatic hydroxyl groups excluding tert-OH is 1. The third-order valence-corrected chi connectivity index (χ3v) is 15.6. The van der Waals surface area contributed by atoms with Crippen molar-refractivity contribution >= 4 is 48.1 Å². The van der Waals surface area contributed by atoms with Crippen LogP contribution in [-0.2, 0) is 37.6 Å². The van der Waals surface area contributed by atoms with Crippen molar-refractivity contribution in [2.45, 2.75) is 133 Å². The molecule has 0 radical (unpaired) electrons. The Morgan fingerprint density at radius 2 is 0.986 bits per heavy atom. The molecule has 6 aliphatic heterocycles. The highest BCUT2D eigenvalue weighted by atomic mass is 35.7. The van der Waals surface area contributed by atoms with Crippen molar-refractivity contribution in [3.8, 4) is 23.3 Å². The van der Waals surface area contributed by atoms with Crippen LogP contribution in [0.3, 0.4) is 0 Å². The maximum atomic E-state index is 12.9. The maximum Gasteiger partial charge on any atom is 0.276 e. The summed E-state index contributed by atoms with van der Waals surface area (Å²) >= 11 is 6.43. The number of fused-ring (bicyclic) bond motifs is 3. The second-order valence-electron chi connectivity index (χ2n) is 20.5. The third kappa shape index (κ3) is 11.6. The number of amides is 3. The lowest BCUT2D eigenvalue weighted by molar-refractivity contribution is -0.150. The molecular formula is C54H64ClN6O12P. The fraction of sp³-hybridized carbons (Fsp3) is 0.556. The van der Waals surface area contributed by atoms with Crippen LogP contribution >= 0.6 is 19.0 Å². The van der Waals surface area contributed by atoms with Crippen LogP contribution in [0.2, 0.25) is 0 Å². The molecule has 0 spiro atoms. The van der Waals surface area contributed by atoms with Gasteiger partial charge in [-0.2, -0.15) is 5.26 Å². The van der Waals surface area contributed by atoms with Gasteiger partial charge in [-0.05, 0) is 115 Å². The van der Waals surface area contributed by atoms with Gasteiger partial charge in [0.2, 0.25) is 17.7 Å². The van der Waals surface area contributed by atoms with Crippen molar-refractivity contribution in [1.29, 1.82) is 5.26 Å². The molecular weight excluding hydrogens is 991 g/mol. The minimum absolute atomic E-state index is 0.0459. The molecule has 3 saturated heterocycles. The Balaban J connectivity index is 0.000000253. The van der Waals surface area contributed by atoms with Crippen LogP contribution in [0, 0.1) is 24.5 Å². The van der Waals surface area contributed by atoms with Crippen molar-refractivity contribution in [3.63, 3.8) is 0 Å². The molecule has 3 aromatic carbocycles. The molecule has 9 rings (SSSR count). The number of hydrogen-bond donors (Lipinski definition) is 1. The van der Waals surface area contributed by atoms with Crippen LogP contribution in [0.4, 0.5) is 11.4 Å². The van der Waals surface area contributed by atoms with Gasteiger partial charge in [0.1, 0.15) is 52.4 Å². The van der Waals surface area contributed by atoms with Crippen molar-refractivity contribution in [2.75, 3.05) is 59.3 Å². The fourth-order valence-corrected chi connectivity index (χ4v) is 11.9. The molecule has 3 fully saturated rings. The third-order valence-electron chi connectivity index (χ3n) is 14.2. The number of likely N-dealkylation sites (tertiary alicyclic amines) is 3. The quantitative estimate of drug-likeness (QED) is 0.0814. The summed E-state index contributed by atoms with van der Waals surface area (Å²) in [5.41, 5.74) is 1.58. The SMILES string of the molecule is [C-]#[N+]c1ccc2c(c1)[C@@H](N1CCCC1=O)[C@H](OCCO)C(C)(C)O2.[C-]#[N+]c1ccc2c(c1)[C@@H](N1CCCC1=O)[C@H](OCCOP(Cl)OCCO[C@H]1[C@H](N3CCCC3=O)c3cc(C#N)ccc3OC1(C)C)C(C)(C)O2. The molecule has 74 heavy (non-hydrogen) atoms. The molecule has 1 unspecified atom stereocenters. The number of nitrogens with zero attached hydrogens (tertiary/aromatic N) is 6. The highest BCUT2D eigenvalue weighted by Crippen LogP contribution is 2.50. The number of nitriles is 1. The molecule has 6 heterocycles. The van der Waals surface area contributed by atoms with Gasteiger partial charge in [0, 0.05) is 55.6 Å². The van der Waals surface area contributed by atoms with E-state index in [0.717, 1.165) is 36.0 Å². The standard InChI is InChI=1S/C36H42ClN4O8P.C18H22N2O4/c1-35(2)33(31(40-14-6-8-29(40)42)25-20-23(22-38)10-12-27(25)48-35)44-16-18-46-50(37)47-19-17-45-34-32(41-15-7-9-30(41)43)26-21-24(39-5)11-13-28(26)49-36(34,3)4;1-18(2)17(23-10-9-21)16(20-8-4-5-15(20)22)13-11-12(19-3)6-7-14(13)24-18/h10-13,20-21,31-34H,6-9,14-19H2,1-4H3;6-7,11,16-17,21H,4-5,8-10H2,1-2H3/t31-,32-,33+,34+,50?;16-,17+/m11/s1. The molecule has 20 heteroatoms. The number of halogens is 1. The number of ether oxygens (including phenoxy) is 6. The van der Waals surface area contributed by atoms with Gasteiger partial charge in [0.25, 0.3) is 7.73 Å². The molecule has 18 nitrogen and oxygen atoms in total. The first kappa shape index (κ1) is 54.7. The lowest BCUT2D eigenvalue weighted by Gasteiger charge is -2.47. The topological polar surface area (TPSA) is 188 Å². The van der Waals surface area contributed by atoms with E-state index in [2.05, 4.69) is 15.8 Å². The smallest absolute Gasteiger partial charge is 0.276 e. The summed E-state index contributed by atoms with van der Waals surface area (Å²) in [6, 6.07) is 16.9. The maximum absolute atomic E-state index is 12.9. The van der Waals surface area contributed by atoms with Gasteiger partial charge in [-0.3, -0.25) is 14.4 Å². The van der Waals surface area contributed by atoms with Crippen LogP contribution in [0.1, 0.15) is 120 Å². The molecule has 7 atom stereocenters. The Hall–Kier alpha value is -5.58. The van der Waals surface area contributed by atoms with Gasteiger partial charge in [-0.1, -0.05) is 12.1 Å². The summed E-state index contributed by atoms with van der Waals surface area (Å²) in [6.45, 7) is 28.9. The van der Waals surface area contributed by atoms with Crippen molar-refractivity contribution in [3.05, 3.63) is 99.7 Å². The lowest BCUT2D eigenvalue weighted by Crippen LogP contribution is -2.55. The van der Waals surface area contributed by atoms with E-state index in [4.69, 9.17) is 67.0 Å². The second kappa shape index (κ2) is 23.1. The molecule has 0 saturated carbocycles. The Morgan fingerprint density at radius 1 is 0.622 bits per heavy atom. The highest BCUT2D eigenvalue weighted by Gasteiger charge is 2.52. The molecule has 0 bridgehead atoms. The molecule has 0 aliphatic carbocycles. The van der Waals surface area contributed by atoms with E-state index in [1.807, 2.05) is 56.2 Å². The molecule has 0 aromatic heterocycles. The fourth-order valence-electron chi connectivity index (χ4n) is 11.0. The minimum Gasteiger partial charge on any atom is -0.485 e. The molecule has 3 aromatic rings. The second-order valence-corrected chi connectivity index (χ2v) is 22.3. The number of aliphatic hydroxyl groups is 1. The average molecular weight is 1060 g/mol. The van der Waals surface area contributed by atoms with Crippen molar-refractivity contribution in [2.24, 2.45) is 0 Å². The largest absolute Gasteiger partial charge is 0.485 e. The van der Waals surface area contributed by atoms with Gasteiger partial charge in [0.15, 0.2) is 11.4 Å². The summed E-state index contributed by atoms with van der Waals surface area (Å²) < 4.78 is 49.0. The van der Waals surface area contributed by atoms with Crippen LogP contribution in [0.5, 0.6) is 17.2 Å². The number of hydrogen-bond acceptors (Lipinski definition) is 13. The predicted octanol–water partition coefficient (Wildman–Crippen LogP) is 9.20. The van der Waals surface area contributed by atoms with Crippen LogP contribution in [0.15, 0.2) is 54.6 Å². The predicted molar refractivity (Wildman–Crippen MR) is 273 cm³/mol. The first-order valence-electron chi connectivity index (χ1n) is 25.1. The zero-order valence-electron chi connectivity index (χ0n) is 42.7. The Labute approximate surface area is 438 Å². The van der Waals surface area contributed by atoms with Crippen LogP contribution < -0.4 is 14.2 Å². The van der Waals surface area contributed by atoms with Gasteiger partial charge in [0.05, 0.1) is 82.5 Å². The summed E-state index contributed by atoms with van der Waals surface area (Å²) in [7, 11) is -1.79. The monoisotopic (exact) mass is 1050 g/mol. The summed E-state index contributed by atoms with van der Waals surface area (Å²) in [5.74, 6) is 2.14. The normalized spacial score (nSPS) is 25.4. The highest BCUT2D eigenvalue weighted by molar-refractivity contribution is 7.76. The van der Waals surface area contributed by atoms with E-state index >= 15 is 0 Å². The summed E-state index contributed by atoms with van der Waals surface area (Å²) in [5, 5.41) is 18.7. The van der Waals surface area contributed by atoms with Crippen molar-refractivity contribution < 1.29 is 57.0 Å². The lowest BCUT2D eigenvalue weighted by atomic mass is 9.84. The molecule has 1 N–H and O–H groups in total. The number of carbonyl (C=O) groups excluding carboxylic acids is 3. The van der Waals surface area contributed by atoms with E-state index in [1.54, 1.807) is 54.6 Å². The first-order chi connectivity index (χ1) is 35.4. The van der Waals surface area contributed by atoms with Gasteiger partial charge >= 0.3 is 0 Å².